The van der Waals surface area contributed by atoms with Gasteiger partial charge in [0.15, 0.2) is 5.96 Å². The summed E-state index contributed by atoms with van der Waals surface area (Å²) in [6.45, 7) is 9.86. The SMILES string of the molecule is CCNC(=NCCCS(C)(=O)=O)NCCCOCC(C)C.I. The van der Waals surface area contributed by atoms with Gasteiger partial charge in [0.25, 0.3) is 0 Å². The van der Waals surface area contributed by atoms with Crippen molar-refractivity contribution in [2.24, 2.45) is 10.9 Å². The molecule has 2 N–H and O–H groups in total. The Kier molecular flexibility index (Phi) is 15.9. The van der Waals surface area contributed by atoms with E-state index >= 15 is 0 Å². The van der Waals surface area contributed by atoms with E-state index in [2.05, 4.69) is 29.5 Å². The molecule has 0 aromatic rings. The molecule has 0 aliphatic heterocycles. The number of halogens is 1. The van der Waals surface area contributed by atoms with Gasteiger partial charge < -0.3 is 15.4 Å². The number of hydrogen-bond donors (Lipinski definition) is 2. The Hall–Kier alpha value is -0.0900. The zero-order chi connectivity index (χ0) is 16.1. The molecule has 0 heterocycles. The molecule has 0 rings (SSSR count). The lowest BCUT2D eigenvalue weighted by molar-refractivity contribution is 0.108. The molecular weight excluding hydrogens is 417 g/mol. The van der Waals surface area contributed by atoms with Crippen LogP contribution in [-0.4, -0.2) is 59.2 Å². The predicted molar refractivity (Wildman–Crippen MR) is 104 cm³/mol. The summed E-state index contributed by atoms with van der Waals surface area (Å²) in [5.74, 6) is 1.47. The van der Waals surface area contributed by atoms with Gasteiger partial charge in [-0.25, -0.2) is 8.42 Å². The van der Waals surface area contributed by atoms with E-state index in [9.17, 15) is 8.42 Å². The molecule has 134 valence electrons. The lowest BCUT2D eigenvalue weighted by Crippen LogP contribution is -2.38. The number of hydrogen-bond acceptors (Lipinski definition) is 4. The second-order valence-corrected chi connectivity index (χ2v) is 7.75. The van der Waals surface area contributed by atoms with Crippen LogP contribution < -0.4 is 10.6 Å². The highest BCUT2D eigenvalue weighted by Gasteiger charge is 2.01. The molecule has 6 nitrogen and oxygen atoms in total. The Labute approximate surface area is 152 Å². The fraction of sp³-hybridized carbons (Fsp3) is 0.929. The normalized spacial score (nSPS) is 12.1. The second kappa shape index (κ2) is 14.5. The summed E-state index contributed by atoms with van der Waals surface area (Å²) in [5, 5.41) is 6.35. The van der Waals surface area contributed by atoms with E-state index in [1.54, 1.807) is 0 Å². The Balaban J connectivity index is 0. The van der Waals surface area contributed by atoms with Gasteiger partial charge in [0.1, 0.15) is 9.84 Å². The van der Waals surface area contributed by atoms with Crippen molar-refractivity contribution in [3.8, 4) is 0 Å². The lowest BCUT2D eigenvalue weighted by Gasteiger charge is -2.11. The van der Waals surface area contributed by atoms with Crippen molar-refractivity contribution in [1.82, 2.24) is 10.6 Å². The maximum absolute atomic E-state index is 11.0. The fourth-order valence-electron chi connectivity index (χ4n) is 1.56. The molecule has 0 amide bonds. The average Bonchev–Trinajstić information content (AvgIpc) is 2.37. The highest BCUT2D eigenvalue weighted by Crippen LogP contribution is 1.93. The molecule has 0 unspecified atom stereocenters. The summed E-state index contributed by atoms with van der Waals surface area (Å²) >= 11 is 0. The Morgan fingerprint density at radius 2 is 1.91 bits per heavy atom. The molecule has 0 atom stereocenters. The van der Waals surface area contributed by atoms with Crippen molar-refractivity contribution in [3.05, 3.63) is 0 Å². The summed E-state index contributed by atoms with van der Waals surface area (Å²) in [4.78, 5) is 4.35. The summed E-state index contributed by atoms with van der Waals surface area (Å²) < 4.78 is 27.6. The van der Waals surface area contributed by atoms with E-state index in [0.29, 0.717) is 18.9 Å². The highest BCUT2D eigenvalue weighted by molar-refractivity contribution is 14.0. The van der Waals surface area contributed by atoms with Gasteiger partial charge in [0, 0.05) is 39.1 Å². The monoisotopic (exact) mass is 449 g/mol. The number of rotatable bonds is 11. The van der Waals surface area contributed by atoms with Crippen LogP contribution in [-0.2, 0) is 14.6 Å². The van der Waals surface area contributed by atoms with Crippen molar-refractivity contribution in [1.29, 1.82) is 0 Å². The first-order valence-electron chi connectivity index (χ1n) is 7.62. The van der Waals surface area contributed by atoms with E-state index in [1.165, 1.54) is 6.26 Å². The van der Waals surface area contributed by atoms with Crippen LogP contribution in [0.4, 0.5) is 0 Å². The van der Waals surface area contributed by atoms with Crippen LogP contribution in [0.1, 0.15) is 33.6 Å². The van der Waals surface area contributed by atoms with Crippen LogP contribution in [0.5, 0.6) is 0 Å². The minimum atomic E-state index is -2.90. The molecule has 0 aliphatic rings. The summed E-state index contributed by atoms with van der Waals surface area (Å²) in [6, 6.07) is 0. The first kappa shape index (κ1) is 24.2. The molecule has 0 fully saturated rings. The fourth-order valence-corrected chi connectivity index (χ4v) is 2.21. The molecule has 0 spiro atoms. The van der Waals surface area contributed by atoms with Crippen molar-refractivity contribution >= 4 is 39.8 Å². The topological polar surface area (TPSA) is 79.8 Å². The van der Waals surface area contributed by atoms with E-state index in [-0.39, 0.29) is 29.7 Å². The molecular formula is C14H32IN3O3S. The van der Waals surface area contributed by atoms with Crippen molar-refractivity contribution in [2.45, 2.75) is 33.6 Å². The van der Waals surface area contributed by atoms with Crippen LogP contribution in [0.3, 0.4) is 0 Å². The number of nitrogens with one attached hydrogen (secondary N) is 2. The second-order valence-electron chi connectivity index (χ2n) is 5.49. The molecule has 22 heavy (non-hydrogen) atoms. The summed E-state index contributed by atoms with van der Waals surface area (Å²) in [5.41, 5.74) is 0. The average molecular weight is 449 g/mol. The first-order chi connectivity index (χ1) is 9.85. The minimum Gasteiger partial charge on any atom is -0.381 e. The number of sulfone groups is 1. The molecule has 0 bridgehead atoms. The van der Waals surface area contributed by atoms with E-state index < -0.39 is 9.84 Å². The third-order valence-corrected chi connectivity index (χ3v) is 3.53. The van der Waals surface area contributed by atoms with Gasteiger partial charge in [-0.2, -0.15) is 0 Å². The van der Waals surface area contributed by atoms with Crippen LogP contribution in [0.25, 0.3) is 0 Å². The third-order valence-electron chi connectivity index (χ3n) is 2.50. The van der Waals surface area contributed by atoms with Gasteiger partial charge in [0.05, 0.1) is 5.75 Å². The first-order valence-corrected chi connectivity index (χ1v) is 9.69. The third kappa shape index (κ3) is 18.0. The molecule has 0 aromatic heterocycles. The van der Waals surface area contributed by atoms with Crippen LogP contribution >= 0.6 is 24.0 Å². The maximum atomic E-state index is 11.0. The van der Waals surface area contributed by atoms with E-state index in [1.807, 2.05) is 6.92 Å². The zero-order valence-corrected chi connectivity index (χ0v) is 17.4. The van der Waals surface area contributed by atoms with Crippen LogP contribution in [0.2, 0.25) is 0 Å². The maximum Gasteiger partial charge on any atom is 0.191 e. The van der Waals surface area contributed by atoms with Crippen molar-refractivity contribution < 1.29 is 13.2 Å². The zero-order valence-electron chi connectivity index (χ0n) is 14.2. The molecule has 8 heteroatoms. The minimum absolute atomic E-state index is 0. The highest BCUT2D eigenvalue weighted by atomic mass is 127. The van der Waals surface area contributed by atoms with E-state index in [4.69, 9.17) is 4.74 Å². The predicted octanol–water partition coefficient (Wildman–Crippen LogP) is 1.66. The largest absolute Gasteiger partial charge is 0.381 e. The van der Waals surface area contributed by atoms with Crippen LogP contribution in [0.15, 0.2) is 4.99 Å². The van der Waals surface area contributed by atoms with Gasteiger partial charge >= 0.3 is 0 Å². The van der Waals surface area contributed by atoms with Gasteiger partial charge in [0.2, 0.25) is 0 Å². The van der Waals surface area contributed by atoms with Crippen molar-refractivity contribution in [3.63, 3.8) is 0 Å². The molecule has 0 saturated heterocycles. The quantitative estimate of drug-likeness (QED) is 0.217. The molecule has 0 aromatic carbocycles. The van der Waals surface area contributed by atoms with Crippen molar-refractivity contribution in [2.75, 3.05) is 44.9 Å². The summed E-state index contributed by atoms with van der Waals surface area (Å²) in [6.07, 6.45) is 2.71. The van der Waals surface area contributed by atoms with Gasteiger partial charge in [-0.05, 0) is 25.7 Å². The van der Waals surface area contributed by atoms with Gasteiger partial charge in [-0.15, -0.1) is 24.0 Å². The number of aliphatic imine (C=N–C) groups is 1. The van der Waals surface area contributed by atoms with E-state index in [0.717, 1.165) is 38.7 Å². The molecule has 0 saturated carbocycles. The Morgan fingerprint density at radius 3 is 2.45 bits per heavy atom. The standard InChI is InChI=1S/C14H31N3O3S.HI/c1-5-15-14(17-9-7-11-21(4,18)19)16-8-6-10-20-12-13(2)3;/h13H,5-12H2,1-4H3,(H2,15,16,17);1H. The lowest BCUT2D eigenvalue weighted by atomic mass is 10.2. The summed E-state index contributed by atoms with van der Waals surface area (Å²) in [7, 11) is -2.90. The smallest absolute Gasteiger partial charge is 0.191 e. The number of nitrogens with zero attached hydrogens (tertiary/aromatic N) is 1. The molecule has 0 radical (unpaired) electrons. The Morgan fingerprint density at radius 1 is 1.23 bits per heavy atom. The number of ether oxygens (including phenoxy) is 1. The number of guanidine groups is 1. The van der Waals surface area contributed by atoms with Crippen LogP contribution in [0, 0.1) is 5.92 Å². The Bertz CT molecular complexity index is 387. The van der Waals surface area contributed by atoms with Gasteiger partial charge in [-0.3, -0.25) is 4.99 Å². The van der Waals surface area contributed by atoms with Gasteiger partial charge in [-0.1, -0.05) is 13.8 Å². The molecule has 0 aliphatic carbocycles.